The Hall–Kier alpha value is -2.79. The molecule has 1 aromatic heterocycles. The highest BCUT2D eigenvalue weighted by Crippen LogP contribution is 2.22. The molecule has 5 nitrogen and oxygen atoms in total. The van der Waals surface area contributed by atoms with Crippen molar-refractivity contribution in [3.63, 3.8) is 0 Å². The van der Waals surface area contributed by atoms with E-state index in [9.17, 15) is 4.79 Å². The van der Waals surface area contributed by atoms with Crippen molar-refractivity contribution in [3.8, 4) is 17.1 Å². The summed E-state index contributed by atoms with van der Waals surface area (Å²) in [6.45, 7) is 0.394. The number of hydrogen-bond acceptors (Lipinski definition) is 4. The predicted octanol–water partition coefficient (Wildman–Crippen LogP) is 3.86. The van der Waals surface area contributed by atoms with E-state index in [-0.39, 0.29) is 12.3 Å². The molecule has 128 valence electrons. The fourth-order valence-corrected chi connectivity index (χ4v) is 2.54. The lowest BCUT2D eigenvalue weighted by molar-refractivity contribution is -0.120. The minimum Gasteiger partial charge on any atom is -0.496 e. The first kappa shape index (κ1) is 17.0. The van der Waals surface area contributed by atoms with Gasteiger partial charge in [-0.15, -0.1) is 0 Å². The maximum absolute atomic E-state index is 12.1. The second-order valence-corrected chi connectivity index (χ2v) is 5.89. The van der Waals surface area contributed by atoms with Gasteiger partial charge in [-0.25, -0.2) is 0 Å². The largest absolute Gasteiger partial charge is 0.496 e. The number of ether oxygens (including phenoxy) is 1. The Labute approximate surface area is 150 Å². The Morgan fingerprint density at radius 1 is 1.20 bits per heavy atom. The highest BCUT2D eigenvalue weighted by Gasteiger charge is 2.11. The summed E-state index contributed by atoms with van der Waals surface area (Å²) < 4.78 is 10.6. The van der Waals surface area contributed by atoms with Crippen molar-refractivity contribution in [2.24, 2.45) is 0 Å². The Morgan fingerprint density at radius 3 is 2.72 bits per heavy atom. The van der Waals surface area contributed by atoms with Gasteiger partial charge in [0.2, 0.25) is 5.91 Å². The van der Waals surface area contributed by atoms with Gasteiger partial charge < -0.3 is 14.6 Å². The van der Waals surface area contributed by atoms with Gasteiger partial charge in [-0.1, -0.05) is 35.0 Å². The number of aromatic nitrogens is 1. The number of amides is 1. The molecule has 0 atom stereocenters. The molecule has 0 saturated heterocycles. The summed E-state index contributed by atoms with van der Waals surface area (Å²) in [5.41, 5.74) is 2.35. The standard InChI is InChI=1S/C19H17ClN2O3/c1-24-17-5-3-2-4-14(17)12-21-19(23)11-16-10-18(25-22-16)13-6-8-15(20)9-7-13/h2-10H,11-12H2,1H3,(H,21,23). The number of hydrogen-bond donors (Lipinski definition) is 1. The average molecular weight is 357 g/mol. The van der Waals surface area contributed by atoms with E-state index < -0.39 is 0 Å². The third-order valence-electron chi connectivity index (χ3n) is 3.70. The van der Waals surface area contributed by atoms with Crippen LogP contribution in [0.1, 0.15) is 11.3 Å². The van der Waals surface area contributed by atoms with Gasteiger partial charge in [0.15, 0.2) is 5.76 Å². The van der Waals surface area contributed by atoms with E-state index in [0.717, 1.165) is 16.9 Å². The smallest absolute Gasteiger partial charge is 0.226 e. The number of methoxy groups -OCH3 is 1. The predicted molar refractivity (Wildman–Crippen MR) is 95.5 cm³/mol. The van der Waals surface area contributed by atoms with Gasteiger partial charge in [0, 0.05) is 28.8 Å². The Balaban J connectivity index is 1.59. The van der Waals surface area contributed by atoms with Crippen LogP contribution in [-0.4, -0.2) is 18.2 Å². The van der Waals surface area contributed by atoms with Crippen LogP contribution in [0.5, 0.6) is 5.75 Å². The van der Waals surface area contributed by atoms with Crippen LogP contribution in [0.3, 0.4) is 0 Å². The van der Waals surface area contributed by atoms with Gasteiger partial charge in [-0.2, -0.15) is 0 Å². The van der Waals surface area contributed by atoms with Crippen LogP contribution in [0.25, 0.3) is 11.3 Å². The summed E-state index contributed by atoms with van der Waals surface area (Å²) in [6, 6.07) is 16.6. The minimum absolute atomic E-state index is 0.137. The molecule has 0 spiro atoms. The summed E-state index contributed by atoms with van der Waals surface area (Å²) in [6.07, 6.45) is 0.145. The molecule has 1 amide bonds. The van der Waals surface area contributed by atoms with Crippen LogP contribution in [0.4, 0.5) is 0 Å². The van der Waals surface area contributed by atoms with E-state index in [0.29, 0.717) is 23.0 Å². The first-order valence-corrected chi connectivity index (χ1v) is 8.13. The lowest BCUT2D eigenvalue weighted by atomic mass is 10.1. The van der Waals surface area contributed by atoms with Gasteiger partial charge in [0.25, 0.3) is 0 Å². The number of carbonyl (C=O) groups is 1. The van der Waals surface area contributed by atoms with E-state index in [4.69, 9.17) is 20.9 Å². The summed E-state index contributed by atoms with van der Waals surface area (Å²) in [5.74, 6) is 1.21. The molecular weight excluding hydrogens is 340 g/mol. The summed E-state index contributed by atoms with van der Waals surface area (Å²) in [4.78, 5) is 12.1. The van der Waals surface area contributed by atoms with Crippen LogP contribution in [-0.2, 0) is 17.8 Å². The van der Waals surface area contributed by atoms with Crippen molar-refractivity contribution < 1.29 is 14.1 Å². The number of nitrogens with zero attached hydrogens (tertiary/aromatic N) is 1. The molecule has 2 aromatic carbocycles. The molecule has 0 aliphatic heterocycles. The SMILES string of the molecule is COc1ccccc1CNC(=O)Cc1cc(-c2ccc(Cl)cc2)on1. The molecule has 3 rings (SSSR count). The normalized spacial score (nSPS) is 10.5. The zero-order chi connectivity index (χ0) is 17.6. The average Bonchev–Trinajstić information content (AvgIpc) is 3.09. The number of rotatable bonds is 6. The van der Waals surface area contributed by atoms with Crippen molar-refractivity contribution >= 4 is 17.5 Å². The molecule has 0 aliphatic carbocycles. The van der Waals surface area contributed by atoms with Crippen LogP contribution in [0, 0.1) is 0 Å². The Kier molecular flexibility index (Phi) is 5.36. The maximum atomic E-state index is 12.1. The second-order valence-electron chi connectivity index (χ2n) is 5.45. The molecule has 0 fully saturated rings. The molecule has 3 aromatic rings. The molecule has 0 aliphatic rings. The van der Waals surface area contributed by atoms with Gasteiger partial charge in [0.05, 0.1) is 19.2 Å². The van der Waals surface area contributed by atoms with Crippen molar-refractivity contribution in [3.05, 3.63) is 70.9 Å². The molecule has 0 bridgehead atoms. The molecule has 6 heteroatoms. The first-order valence-electron chi connectivity index (χ1n) is 7.76. The second kappa shape index (κ2) is 7.85. The van der Waals surface area contributed by atoms with Crippen LogP contribution in [0.2, 0.25) is 5.02 Å². The van der Waals surface area contributed by atoms with E-state index >= 15 is 0 Å². The summed E-state index contributed by atoms with van der Waals surface area (Å²) in [5, 5.41) is 7.46. The number of nitrogens with one attached hydrogen (secondary N) is 1. The van der Waals surface area contributed by atoms with Gasteiger partial charge in [0.1, 0.15) is 5.75 Å². The number of halogens is 1. The molecule has 1 N–H and O–H groups in total. The van der Waals surface area contributed by atoms with Crippen molar-refractivity contribution in [2.75, 3.05) is 7.11 Å². The van der Waals surface area contributed by atoms with Gasteiger partial charge in [-0.05, 0) is 30.3 Å². The third kappa shape index (κ3) is 4.39. The van der Waals surface area contributed by atoms with Gasteiger partial charge >= 0.3 is 0 Å². The fourth-order valence-electron chi connectivity index (χ4n) is 2.42. The topological polar surface area (TPSA) is 64.4 Å². The van der Waals surface area contributed by atoms with Crippen molar-refractivity contribution in [2.45, 2.75) is 13.0 Å². The maximum Gasteiger partial charge on any atom is 0.226 e. The molecular formula is C19H17ClN2O3. The molecule has 0 unspecified atom stereocenters. The Bertz CT molecular complexity index is 859. The zero-order valence-electron chi connectivity index (χ0n) is 13.7. The minimum atomic E-state index is -0.137. The van der Waals surface area contributed by atoms with Crippen LogP contribution in [0.15, 0.2) is 59.1 Å². The van der Waals surface area contributed by atoms with E-state index in [1.807, 2.05) is 36.4 Å². The van der Waals surface area contributed by atoms with E-state index in [1.165, 1.54) is 0 Å². The molecule has 1 heterocycles. The van der Waals surface area contributed by atoms with E-state index in [1.54, 1.807) is 25.3 Å². The fraction of sp³-hybridized carbons (Fsp3) is 0.158. The van der Waals surface area contributed by atoms with Crippen molar-refractivity contribution in [1.29, 1.82) is 0 Å². The first-order chi connectivity index (χ1) is 12.2. The molecule has 25 heavy (non-hydrogen) atoms. The highest BCUT2D eigenvalue weighted by molar-refractivity contribution is 6.30. The monoisotopic (exact) mass is 356 g/mol. The highest BCUT2D eigenvalue weighted by atomic mass is 35.5. The van der Waals surface area contributed by atoms with Crippen LogP contribution >= 0.6 is 11.6 Å². The molecule has 0 radical (unpaired) electrons. The zero-order valence-corrected chi connectivity index (χ0v) is 14.4. The number of para-hydroxylation sites is 1. The lowest BCUT2D eigenvalue weighted by Gasteiger charge is -2.08. The number of carbonyl (C=O) groups excluding carboxylic acids is 1. The summed E-state index contributed by atoms with van der Waals surface area (Å²) >= 11 is 5.87. The van der Waals surface area contributed by atoms with Crippen molar-refractivity contribution in [1.82, 2.24) is 10.5 Å². The summed E-state index contributed by atoms with van der Waals surface area (Å²) in [7, 11) is 1.61. The Morgan fingerprint density at radius 2 is 1.96 bits per heavy atom. The molecule has 0 saturated carbocycles. The van der Waals surface area contributed by atoms with E-state index in [2.05, 4.69) is 10.5 Å². The lowest BCUT2D eigenvalue weighted by Crippen LogP contribution is -2.24. The quantitative estimate of drug-likeness (QED) is 0.728. The van der Waals surface area contributed by atoms with Gasteiger partial charge in [-0.3, -0.25) is 4.79 Å². The van der Waals surface area contributed by atoms with Crippen LogP contribution < -0.4 is 10.1 Å². The third-order valence-corrected chi connectivity index (χ3v) is 3.95. The number of benzene rings is 2.